The molecule has 1 aliphatic heterocycles. The zero-order valence-electron chi connectivity index (χ0n) is 12.0. The molecule has 1 N–H and O–H groups in total. The third kappa shape index (κ3) is 4.11. The van der Waals surface area contributed by atoms with Crippen LogP contribution in [0.15, 0.2) is 24.3 Å². The van der Waals surface area contributed by atoms with Crippen LogP contribution in [0.2, 0.25) is 5.02 Å². The fraction of sp³-hybridized carbons (Fsp3) is 0.533. The smallest absolute Gasteiger partial charge is 0.242 e. The van der Waals surface area contributed by atoms with Crippen LogP contribution >= 0.6 is 24.0 Å². The Kier molecular flexibility index (Phi) is 6.31. The second kappa shape index (κ2) is 7.30. The van der Waals surface area contributed by atoms with E-state index < -0.39 is 5.54 Å². The molecule has 0 aromatic heterocycles. The lowest BCUT2D eigenvalue weighted by Crippen LogP contribution is -2.57. The van der Waals surface area contributed by atoms with Crippen molar-refractivity contribution in [2.45, 2.75) is 38.3 Å². The van der Waals surface area contributed by atoms with Crippen molar-refractivity contribution in [1.29, 1.82) is 0 Å². The third-order valence-electron chi connectivity index (χ3n) is 3.75. The first kappa shape index (κ1) is 17.3. The number of nitrogens with one attached hydrogen (secondary N) is 1. The van der Waals surface area contributed by atoms with E-state index in [1.54, 1.807) is 4.90 Å². The van der Waals surface area contributed by atoms with Crippen LogP contribution in [-0.2, 0) is 11.3 Å². The Bertz CT molecular complexity index is 459. The average molecular weight is 317 g/mol. The monoisotopic (exact) mass is 316 g/mol. The largest absolute Gasteiger partial charge is 0.340 e. The summed E-state index contributed by atoms with van der Waals surface area (Å²) in [5.41, 5.74) is 0.647. The minimum atomic E-state index is -0.411. The molecule has 0 spiro atoms. The van der Waals surface area contributed by atoms with Crippen LogP contribution in [0, 0.1) is 0 Å². The molecule has 1 atom stereocenters. The molecule has 3 nitrogen and oxygen atoms in total. The van der Waals surface area contributed by atoms with Crippen molar-refractivity contribution in [3.8, 4) is 0 Å². The molecule has 112 valence electrons. The highest BCUT2D eigenvalue weighted by atomic mass is 35.5. The number of amides is 1. The second-order valence-electron chi connectivity index (χ2n) is 5.51. The molecule has 20 heavy (non-hydrogen) atoms. The molecule has 1 amide bonds. The Morgan fingerprint density at radius 3 is 2.80 bits per heavy atom. The first-order valence-corrected chi connectivity index (χ1v) is 7.14. The van der Waals surface area contributed by atoms with Gasteiger partial charge in [0.1, 0.15) is 0 Å². The summed E-state index contributed by atoms with van der Waals surface area (Å²) in [6, 6.07) is 7.65. The van der Waals surface area contributed by atoms with Crippen LogP contribution < -0.4 is 5.32 Å². The van der Waals surface area contributed by atoms with E-state index in [2.05, 4.69) is 5.32 Å². The predicted octanol–water partition coefficient (Wildman–Crippen LogP) is 3.25. The van der Waals surface area contributed by atoms with Gasteiger partial charge in [0.2, 0.25) is 5.91 Å². The summed E-state index contributed by atoms with van der Waals surface area (Å²) in [5.74, 6) is 0.159. The third-order valence-corrected chi connectivity index (χ3v) is 3.98. The maximum absolute atomic E-state index is 12.5. The summed E-state index contributed by atoms with van der Waals surface area (Å²) < 4.78 is 0. The summed E-state index contributed by atoms with van der Waals surface area (Å²) >= 11 is 5.97. The van der Waals surface area contributed by atoms with Gasteiger partial charge >= 0.3 is 0 Å². The number of halogens is 2. The Labute approximate surface area is 132 Å². The van der Waals surface area contributed by atoms with Gasteiger partial charge in [-0.25, -0.2) is 0 Å². The van der Waals surface area contributed by atoms with Crippen molar-refractivity contribution in [1.82, 2.24) is 10.2 Å². The van der Waals surface area contributed by atoms with Gasteiger partial charge in [-0.1, -0.05) is 23.7 Å². The summed E-state index contributed by atoms with van der Waals surface area (Å²) in [5, 5.41) is 4.06. The summed E-state index contributed by atoms with van der Waals surface area (Å²) in [6.45, 7) is 3.52. The Morgan fingerprint density at radius 2 is 2.20 bits per heavy atom. The van der Waals surface area contributed by atoms with Gasteiger partial charge in [0.05, 0.1) is 5.54 Å². The van der Waals surface area contributed by atoms with E-state index in [4.69, 9.17) is 11.6 Å². The SMILES string of the molecule is CN(Cc1cccc(Cl)c1)C(=O)C1(C)CCCCN1.Cl. The molecule has 0 bridgehead atoms. The Balaban J connectivity index is 0.00000200. The number of nitrogens with zero attached hydrogens (tertiary/aromatic N) is 1. The molecule has 1 saturated heterocycles. The molecular formula is C15H22Cl2N2O. The minimum absolute atomic E-state index is 0. The van der Waals surface area contributed by atoms with Crippen molar-refractivity contribution in [2.75, 3.05) is 13.6 Å². The van der Waals surface area contributed by atoms with Crippen molar-refractivity contribution >= 4 is 29.9 Å². The zero-order valence-corrected chi connectivity index (χ0v) is 13.6. The molecule has 1 fully saturated rings. The molecule has 0 aliphatic carbocycles. The van der Waals surface area contributed by atoms with E-state index in [1.165, 1.54) is 0 Å². The van der Waals surface area contributed by atoms with E-state index in [0.29, 0.717) is 11.6 Å². The maximum Gasteiger partial charge on any atom is 0.242 e. The number of hydrogen-bond donors (Lipinski definition) is 1. The van der Waals surface area contributed by atoms with Crippen LogP contribution in [-0.4, -0.2) is 29.9 Å². The zero-order chi connectivity index (χ0) is 13.9. The molecule has 1 heterocycles. The molecule has 0 radical (unpaired) electrons. The number of likely N-dealkylation sites (N-methyl/N-ethyl adjacent to an activating group) is 1. The topological polar surface area (TPSA) is 32.3 Å². The van der Waals surface area contributed by atoms with E-state index >= 15 is 0 Å². The number of benzene rings is 1. The normalized spacial score (nSPS) is 21.9. The van der Waals surface area contributed by atoms with Gasteiger partial charge in [-0.3, -0.25) is 4.79 Å². The predicted molar refractivity (Wildman–Crippen MR) is 85.4 cm³/mol. The molecule has 0 saturated carbocycles. The van der Waals surface area contributed by atoms with E-state index in [9.17, 15) is 4.79 Å². The van der Waals surface area contributed by atoms with E-state index in [-0.39, 0.29) is 18.3 Å². The highest BCUT2D eigenvalue weighted by Crippen LogP contribution is 2.22. The van der Waals surface area contributed by atoms with Gasteiger partial charge in [0.15, 0.2) is 0 Å². The summed E-state index contributed by atoms with van der Waals surface area (Å²) in [6.07, 6.45) is 3.17. The molecular weight excluding hydrogens is 295 g/mol. The molecule has 1 aliphatic rings. The lowest BCUT2D eigenvalue weighted by atomic mass is 9.89. The van der Waals surface area contributed by atoms with Crippen LogP contribution in [0.25, 0.3) is 0 Å². The van der Waals surface area contributed by atoms with Crippen molar-refractivity contribution < 1.29 is 4.79 Å². The van der Waals surface area contributed by atoms with E-state index in [1.807, 2.05) is 38.2 Å². The molecule has 1 aromatic carbocycles. The molecule has 1 aromatic rings. The summed E-state index contributed by atoms with van der Waals surface area (Å²) in [7, 11) is 1.85. The van der Waals surface area contributed by atoms with Crippen molar-refractivity contribution in [3.63, 3.8) is 0 Å². The number of rotatable bonds is 3. The minimum Gasteiger partial charge on any atom is -0.340 e. The van der Waals surface area contributed by atoms with Crippen molar-refractivity contribution in [2.24, 2.45) is 0 Å². The van der Waals surface area contributed by atoms with Crippen molar-refractivity contribution in [3.05, 3.63) is 34.9 Å². The number of carbonyl (C=O) groups is 1. The van der Waals surface area contributed by atoms with E-state index in [0.717, 1.165) is 31.4 Å². The molecule has 2 rings (SSSR count). The fourth-order valence-corrected chi connectivity index (χ4v) is 2.85. The van der Waals surface area contributed by atoms with Gasteiger partial charge in [-0.2, -0.15) is 0 Å². The summed E-state index contributed by atoms with van der Waals surface area (Å²) in [4.78, 5) is 14.3. The van der Waals surface area contributed by atoms with Crippen LogP contribution in [0.1, 0.15) is 31.7 Å². The average Bonchev–Trinajstić information content (AvgIpc) is 2.38. The van der Waals surface area contributed by atoms with Crippen LogP contribution in [0.3, 0.4) is 0 Å². The van der Waals surface area contributed by atoms with Crippen LogP contribution in [0.4, 0.5) is 0 Å². The first-order chi connectivity index (χ1) is 9.01. The van der Waals surface area contributed by atoms with Crippen LogP contribution in [0.5, 0.6) is 0 Å². The number of hydrogen-bond acceptors (Lipinski definition) is 2. The Hall–Kier alpha value is -0.770. The lowest BCUT2D eigenvalue weighted by Gasteiger charge is -2.36. The van der Waals surface area contributed by atoms with Gasteiger partial charge in [0, 0.05) is 18.6 Å². The van der Waals surface area contributed by atoms with Gasteiger partial charge < -0.3 is 10.2 Å². The first-order valence-electron chi connectivity index (χ1n) is 6.76. The quantitative estimate of drug-likeness (QED) is 0.928. The van der Waals surface area contributed by atoms with Gasteiger partial charge in [-0.15, -0.1) is 12.4 Å². The molecule has 5 heteroatoms. The highest BCUT2D eigenvalue weighted by Gasteiger charge is 2.36. The number of piperidine rings is 1. The molecule has 1 unspecified atom stereocenters. The highest BCUT2D eigenvalue weighted by molar-refractivity contribution is 6.30. The van der Waals surface area contributed by atoms with Gasteiger partial charge in [0.25, 0.3) is 0 Å². The standard InChI is InChI=1S/C15H21ClN2O.ClH/c1-15(8-3-4-9-17-15)14(19)18(2)11-12-6-5-7-13(16)10-12;/h5-7,10,17H,3-4,8-9,11H2,1-2H3;1H. The second-order valence-corrected chi connectivity index (χ2v) is 5.94. The Morgan fingerprint density at radius 1 is 1.45 bits per heavy atom. The number of carbonyl (C=O) groups excluding carboxylic acids is 1. The maximum atomic E-state index is 12.5. The van der Waals surface area contributed by atoms with Gasteiger partial charge in [-0.05, 0) is 50.4 Å². The lowest BCUT2D eigenvalue weighted by molar-refractivity contribution is -0.137. The fourth-order valence-electron chi connectivity index (χ4n) is 2.64.